The Morgan fingerprint density at radius 3 is 1.58 bits per heavy atom. The van der Waals surface area contributed by atoms with Crippen LogP contribution in [0, 0.1) is 5.92 Å². The van der Waals surface area contributed by atoms with Crippen LogP contribution in [0.25, 0.3) is 0 Å². The summed E-state index contributed by atoms with van der Waals surface area (Å²) in [5.41, 5.74) is 9.43. The van der Waals surface area contributed by atoms with Crippen molar-refractivity contribution in [2.24, 2.45) is 5.92 Å². The van der Waals surface area contributed by atoms with Gasteiger partial charge in [-0.05, 0) is 73.3 Å². The Kier molecular flexibility index (Phi) is 29.6. The number of allylic oxidation sites excluding steroid dienone is 8. The zero-order valence-electron chi connectivity index (χ0n) is 47.1. The van der Waals surface area contributed by atoms with Crippen molar-refractivity contribution in [2.75, 3.05) is 18.0 Å². The molecule has 1 atom stereocenters. The largest absolute Gasteiger partial charge is 1.00 e. The van der Waals surface area contributed by atoms with E-state index in [2.05, 4.69) is 117 Å². The van der Waals surface area contributed by atoms with E-state index in [4.69, 9.17) is 11.6 Å². The smallest absolute Gasteiger partial charge is 0.309 e. The van der Waals surface area contributed by atoms with E-state index >= 15 is 0 Å². The van der Waals surface area contributed by atoms with Gasteiger partial charge >= 0.3 is 11.9 Å². The average molecular weight is 1150 g/mol. The first-order valence-corrected chi connectivity index (χ1v) is 30.5. The van der Waals surface area contributed by atoms with Gasteiger partial charge in [0.1, 0.15) is 6.42 Å². The van der Waals surface area contributed by atoms with Gasteiger partial charge in [0.05, 0.1) is 11.8 Å². The van der Waals surface area contributed by atoms with Crippen molar-refractivity contribution in [3.05, 3.63) is 106 Å². The number of rotatable bonds is 38. The molecule has 0 aromatic heterocycles. The van der Waals surface area contributed by atoms with E-state index in [1.807, 2.05) is 0 Å². The lowest BCUT2D eigenvalue weighted by Crippen LogP contribution is -3.00. The Bertz CT molecular complexity index is 2140. The number of aliphatic carboxylic acids is 2. The predicted molar refractivity (Wildman–Crippen MR) is 311 cm³/mol. The summed E-state index contributed by atoms with van der Waals surface area (Å²) in [4.78, 5) is 27.0. The number of hydrogen-bond donors (Lipinski definition) is 2. The molecule has 412 valence electrons. The van der Waals surface area contributed by atoms with Crippen molar-refractivity contribution < 1.29 is 48.4 Å². The molecule has 2 N–H and O–H groups in total. The number of benzene rings is 2. The minimum Gasteiger partial charge on any atom is -1.00 e. The average Bonchev–Trinajstić information content (AvgIpc) is 3.80. The minimum absolute atomic E-state index is 0. The van der Waals surface area contributed by atoms with Crippen LogP contribution in [0.1, 0.15) is 258 Å². The second-order valence-electron chi connectivity index (χ2n) is 22.3. The number of carboxylic acid groups (broad SMARTS) is 2. The second-order valence-corrected chi connectivity index (χ2v) is 22.7. The molecule has 5 rings (SSSR count). The topological polar surface area (TPSA) is 80.9 Å². The molecule has 2 heterocycles. The first-order chi connectivity index (χ1) is 35.6. The normalized spacial score (nSPS) is 18.0. The summed E-state index contributed by atoms with van der Waals surface area (Å²) in [5.74, 6) is -1.11. The lowest BCUT2D eigenvalue weighted by atomic mass is 9.69. The third-order valence-electron chi connectivity index (χ3n) is 17.0. The van der Waals surface area contributed by atoms with Gasteiger partial charge in [0.2, 0.25) is 5.69 Å². The molecule has 0 radical (unpaired) electrons. The van der Waals surface area contributed by atoms with Crippen LogP contribution in [0.4, 0.5) is 11.4 Å². The third kappa shape index (κ3) is 17.9. The quantitative estimate of drug-likeness (QED) is 0.0398. The molecule has 0 saturated carbocycles. The van der Waals surface area contributed by atoms with Crippen LogP contribution < -0.4 is 28.9 Å². The predicted octanol–water partition coefficient (Wildman–Crippen LogP) is 16.4. The Balaban J connectivity index is 0.0000119. The molecule has 0 spiro atoms. The molecule has 8 heteroatoms. The summed E-state index contributed by atoms with van der Waals surface area (Å²) < 4.78 is 2.36. The van der Waals surface area contributed by atoms with Crippen LogP contribution in [0.2, 0.25) is 0 Å². The fraction of sp³-hybridized carbons (Fsp3) is 0.652. The summed E-state index contributed by atoms with van der Waals surface area (Å²) in [7, 11) is 0. The molecular formula is C66H100ClIN2O4. The number of unbranched alkanes of at least 4 members (excludes halogenated alkanes) is 20. The van der Waals surface area contributed by atoms with Gasteiger partial charge in [0.15, 0.2) is 12.3 Å². The fourth-order valence-corrected chi connectivity index (χ4v) is 13.1. The number of halogens is 2. The van der Waals surface area contributed by atoms with E-state index < -0.39 is 11.9 Å². The number of anilines is 1. The Morgan fingerprint density at radius 1 is 0.595 bits per heavy atom. The highest BCUT2D eigenvalue weighted by atomic mass is 127. The van der Waals surface area contributed by atoms with Gasteiger partial charge in [-0.15, -0.1) is 0 Å². The summed E-state index contributed by atoms with van der Waals surface area (Å²) in [5, 5.41) is 21.0. The maximum Gasteiger partial charge on any atom is 0.309 e. The zero-order valence-corrected chi connectivity index (χ0v) is 50.0. The third-order valence-corrected chi connectivity index (χ3v) is 17.4. The molecule has 3 aliphatic rings. The molecule has 1 unspecified atom stereocenters. The molecule has 1 aliphatic carbocycles. The summed E-state index contributed by atoms with van der Waals surface area (Å²) in [6.45, 7) is 12.3. The SMILES string of the molecule is CCCCCCCCC1(CCCCCCCC)C(=CC=C2CC(CC)CC(C=CC3=[N+](CCC(=O)O)c4ccccc4C3(CCCCCCCC)CCCCCCCC)=C2Cl)N(CCC(=O)O)c2ccccc21.[I-]. The fourth-order valence-electron chi connectivity index (χ4n) is 12.8. The van der Waals surface area contributed by atoms with E-state index in [1.165, 1.54) is 151 Å². The molecule has 0 amide bonds. The molecule has 2 aromatic rings. The molecule has 6 nitrogen and oxygen atoms in total. The Morgan fingerprint density at radius 2 is 1.07 bits per heavy atom. The van der Waals surface area contributed by atoms with E-state index in [9.17, 15) is 19.8 Å². The van der Waals surface area contributed by atoms with Gasteiger partial charge in [-0.2, -0.15) is 4.58 Å². The number of para-hydroxylation sites is 2. The number of nitrogens with zero attached hydrogens (tertiary/aromatic N) is 2. The Labute approximate surface area is 473 Å². The van der Waals surface area contributed by atoms with E-state index in [0.29, 0.717) is 19.0 Å². The zero-order chi connectivity index (χ0) is 52.3. The van der Waals surface area contributed by atoms with Crippen LogP contribution in [0.3, 0.4) is 0 Å². The van der Waals surface area contributed by atoms with E-state index in [0.717, 1.165) is 98.2 Å². The van der Waals surface area contributed by atoms with Crippen LogP contribution in [0.5, 0.6) is 0 Å². The lowest BCUT2D eigenvalue weighted by Gasteiger charge is -2.35. The van der Waals surface area contributed by atoms with Crippen molar-refractivity contribution in [3.63, 3.8) is 0 Å². The Hall–Kier alpha value is -3.17. The monoisotopic (exact) mass is 1150 g/mol. The molecule has 0 fully saturated rings. The number of carbonyl (C=O) groups is 2. The number of fused-ring (bicyclic) bond motifs is 2. The van der Waals surface area contributed by atoms with Gasteiger partial charge in [0, 0.05) is 46.1 Å². The maximum atomic E-state index is 12.3. The maximum absolute atomic E-state index is 12.3. The number of carboxylic acids is 2. The van der Waals surface area contributed by atoms with Crippen LogP contribution >= 0.6 is 11.6 Å². The molecule has 0 bridgehead atoms. The van der Waals surface area contributed by atoms with E-state index in [1.54, 1.807) is 0 Å². The molecule has 0 saturated heterocycles. The van der Waals surface area contributed by atoms with Crippen molar-refractivity contribution in [1.82, 2.24) is 0 Å². The lowest BCUT2D eigenvalue weighted by molar-refractivity contribution is -0.436. The molecule has 2 aliphatic heterocycles. The van der Waals surface area contributed by atoms with Gasteiger partial charge < -0.3 is 39.1 Å². The van der Waals surface area contributed by atoms with Crippen LogP contribution in [-0.2, 0) is 20.4 Å². The highest BCUT2D eigenvalue weighted by molar-refractivity contribution is 6.32. The second kappa shape index (κ2) is 34.6. The van der Waals surface area contributed by atoms with Crippen molar-refractivity contribution >= 4 is 40.6 Å². The minimum atomic E-state index is -0.771. The number of hydrogen-bond acceptors (Lipinski definition) is 3. The highest BCUT2D eigenvalue weighted by Crippen LogP contribution is 2.54. The van der Waals surface area contributed by atoms with E-state index in [-0.39, 0.29) is 47.6 Å². The van der Waals surface area contributed by atoms with Gasteiger partial charge in [-0.3, -0.25) is 9.59 Å². The first-order valence-electron chi connectivity index (χ1n) is 30.1. The first kappa shape index (κ1) is 63.4. The summed E-state index contributed by atoms with van der Waals surface area (Å²) in [6.07, 6.45) is 46.2. The summed E-state index contributed by atoms with van der Waals surface area (Å²) >= 11 is 7.76. The van der Waals surface area contributed by atoms with Crippen molar-refractivity contribution in [2.45, 2.75) is 257 Å². The van der Waals surface area contributed by atoms with Crippen molar-refractivity contribution in [3.8, 4) is 0 Å². The molecule has 74 heavy (non-hydrogen) atoms. The highest BCUT2D eigenvalue weighted by Gasteiger charge is 2.50. The van der Waals surface area contributed by atoms with Crippen LogP contribution in [-0.4, -0.2) is 45.5 Å². The van der Waals surface area contributed by atoms with Crippen LogP contribution in [0.15, 0.2) is 94.7 Å². The molecule has 2 aromatic carbocycles. The van der Waals surface area contributed by atoms with Gasteiger partial charge in [-0.25, -0.2) is 0 Å². The van der Waals surface area contributed by atoms with Gasteiger partial charge in [-0.1, -0.05) is 255 Å². The van der Waals surface area contributed by atoms with Crippen molar-refractivity contribution in [1.29, 1.82) is 0 Å². The van der Waals surface area contributed by atoms with Gasteiger partial charge in [0.25, 0.3) is 0 Å². The summed E-state index contributed by atoms with van der Waals surface area (Å²) in [6, 6.07) is 17.8. The standard InChI is InChI=1S/C66H99ClN2O4.HI/c1-6-11-15-19-23-31-45-65(46-32-24-20-16-12-7-2)56-35-27-29-37-58(56)68(49-43-62(70)71)60(65)41-39-54-51-53(10-5)52-55(64(54)67)40-42-61-66(47-33-25-21-17-13-8-3,48-34-26-22-18-14-9-4)57-36-28-30-38-59(57)69(61)50-44-63(72)73;/h27-30,35-42,53H,6-26,31-34,43-52H2,1-5H3,(H-,70,71,72,73);1H. The molecular weight excluding hydrogens is 1050 g/mol.